The predicted molar refractivity (Wildman–Crippen MR) is 76.9 cm³/mol. The highest BCUT2D eigenvalue weighted by Gasteiger charge is 2.22. The summed E-state index contributed by atoms with van der Waals surface area (Å²) < 4.78 is 13.2. The van der Waals surface area contributed by atoms with Crippen molar-refractivity contribution in [2.45, 2.75) is 20.8 Å². The van der Waals surface area contributed by atoms with Crippen molar-refractivity contribution in [3.8, 4) is 0 Å². The van der Waals surface area contributed by atoms with Crippen LogP contribution < -0.4 is 10.6 Å². The second-order valence-electron chi connectivity index (χ2n) is 5.08. The molecule has 0 fully saturated rings. The van der Waals surface area contributed by atoms with E-state index in [2.05, 4.69) is 10.6 Å². The van der Waals surface area contributed by atoms with E-state index in [-0.39, 0.29) is 16.7 Å². The van der Waals surface area contributed by atoms with Gasteiger partial charge in [-0.15, -0.1) is 0 Å². The molecule has 0 atom stereocenters. The van der Waals surface area contributed by atoms with Crippen molar-refractivity contribution < 1.29 is 14.1 Å². The maximum atomic E-state index is 13.2. The van der Waals surface area contributed by atoms with Gasteiger partial charge in [-0.05, 0) is 24.4 Å². The minimum atomic E-state index is -0.940. The first-order chi connectivity index (χ1) is 9.11. The molecule has 0 aliphatic rings. The Kier molecular flexibility index (Phi) is 4.72. The molecular formula is C12H14FN3O3S. The molecular weight excluding hydrogens is 285 g/mol. The molecule has 0 heterocycles. The molecule has 2 N–H and O–H groups in total. The normalized spacial score (nSPS) is 10.8. The summed E-state index contributed by atoms with van der Waals surface area (Å²) in [5.74, 6) is -1.24. The zero-order valence-electron chi connectivity index (χ0n) is 11.2. The van der Waals surface area contributed by atoms with Gasteiger partial charge in [0.1, 0.15) is 0 Å². The van der Waals surface area contributed by atoms with Gasteiger partial charge in [0.15, 0.2) is 5.11 Å². The van der Waals surface area contributed by atoms with Crippen LogP contribution in [-0.4, -0.2) is 15.9 Å². The lowest BCUT2D eigenvalue weighted by molar-refractivity contribution is -0.387. The molecule has 0 saturated carbocycles. The highest BCUT2D eigenvalue weighted by molar-refractivity contribution is 7.80. The lowest BCUT2D eigenvalue weighted by Crippen LogP contribution is -2.41. The number of rotatable bonds is 2. The number of nitro groups is 1. The van der Waals surface area contributed by atoms with E-state index in [9.17, 15) is 19.3 Å². The van der Waals surface area contributed by atoms with Gasteiger partial charge in [-0.1, -0.05) is 20.8 Å². The topological polar surface area (TPSA) is 84.3 Å². The van der Waals surface area contributed by atoms with E-state index in [1.807, 2.05) is 0 Å². The zero-order chi connectivity index (χ0) is 15.5. The van der Waals surface area contributed by atoms with E-state index >= 15 is 0 Å². The van der Waals surface area contributed by atoms with Crippen LogP contribution in [-0.2, 0) is 4.79 Å². The summed E-state index contributed by atoms with van der Waals surface area (Å²) in [6, 6.07) is 3.25. The van der Waals surface area contributed by atoms with Gasteiger partial charge in [0.05, 0.1) is 4.92 Å². The van der Waals surface area contributed by atoms with Gasteiger partial charge >= 0.3 is 5.69 Å². The SMILES string of the molecule is CC(C)(C)C(=O)NC(=S)Nc1ccc(F)c([N+](=O)[O-])c1. The van der Waals surface area contributed by atoms with Crippen LogP contribution in [0.15, 0.2) is 18.2 Å². The third-order valence-corrected chi connectivity index (χ3v) is 2.51. The molecule has 0 unspecified atom stereocenters. The monoisotopic (exact) mass is 299 g/mol. The maximum absolute atomic E-state index is 13.2. The van der Waals surface area contributed by atoms with Crippen LogP contribution in [0.4, 0.5) is 15.8 Å². The van der Waals surface area contributed by atoms with Crippen molar-refractivity contribution in [2.24, 2.45) is 5.41 Å². The first-order valence-electron chi connectivity index (χ1n) is 5.67. The van der Waals surface area contributed by atoms with Crippen molar-refractivity contribution in [2.75, 3.05) is 5.32 Å². The van der Waals surface area contributed by atoms with E-state index in [4.69, 9.17) is 12.2 Å². The number of nitrogens with zero attached hydrogens (tertiary/aromatic N) is 1. The Morgan fingerprint density at radius 1 is 1.40 bits per heavy atom. The van der Waals surface area contributed by atoms with Gasteiger partial charge in [0.25, 0.3) is 0 Å². The number of benzene rings is 1. The van der Waals surface area contributed by atoms with Crippen LogP contribution in [0.2, 0.25) is 0 Å². The minimum absolute atomic E-state index is 0.00849. The Hall–Kier alpha value is -2.09. The van der Waals surface area contributed by atoms with Crippen LogP contribution in [0.25, 0.3) is 0 Å². The fraction of sp³-hybridized carbons (Fsp3) is 0.333. The number of nitrogens with one attached hydrogen (secondary N) is 2. The third kappa shape index (κ3) is 4.23. The summed E-state index contributed by atoms with van der Waals surface area (Å²) in [4.78, 5) is 21.5. The van der Waals surface area contributed by atoms with Crippen molar-refractivity contribution in [1.29, 1.82) is 0 Å². The number of carbonyl (C=O) groups is 1. The Morgan fingerprint density at radius 2 is 2.00 bits per heavy atom. The fourth-order valence-corrected chi connectivity index (χ4v) is 1.39. The second-order valence-corrected chi connectivity index (χ2v) is 5.49. The molecule has 0 spiro atoms. The molecule has 1 aromatic carbocycles. The number of amides is 1. The van der Waals surface area contributed by atoms with Gasteiger partial charge in [0.2, 0.25) is 11.7 Å². The Morgan fingerprint density at radius 3 is 2.50 bits per heavy atom. The number of thiocarbonyl (C=S) groups is 1. The van der Waals surface area contributed by atoms with E-state index < -0.39 is 21.8 Å². The molecule has 8 heteroatoms. The highest BCUT2D eigenvalue weighted by Crippen LogP contribution is 2.21. The number of carbonyl (C=O) groups excluding carboxylic acids is 1. The Balaban J connectivity index is 2.79. The fourth-order valence-electron chi connectivity index (χ4n) is 1.18. The standard InChI is InChI=1S/C12H14FN3O3S/c1-12(2,3)10(17)15-11(20)14-7-4-5-8(13)9(6-7)16(18)19/h4-6H,1-3H3,(H2,14,15,17,20). The molecule has 0 aliphatic heterocycles. The van der Waals surface area contributed by atoms with E-state index in [0.29, 0.717) is 0 Å². The van der Waals surface area contributed by atoms with E-state index in [1.54, 1.807) is 20.8 Å². The molecule has 108 valence electrons. The molecule has 0 saturated heterocycles. The van der Waals surface area contributed by atoms with Gasteiger partial charge in [0, 0.05) is 17.2 Å². The maximum Gasteiger partial charge on any atom is 0.306 e. The molecule has 0 aromatic heterocycles. The summed E-state index contributed by atoms with van der Waals surface area (Å²) in [5.41, 5.74) is -1.07. The molecule has 6 nitrogen and oxygen atoms in total. The smallest absolute Gasteiger partial charge is 0.306 e. The number of anilines is 1. The van der Waals surface area contributed by atoms with E-state index in [1.165, 1.54) is 6.07 Å². The lowest BCUT2D eigenvalue weighted by atomic mass is 9.96. The average Bonchev–Trinajstić information content (AvgIpc) is 2.29. The summed E-state index contributed by atoms with van der Waals surface area (Å²) in [7, 11) is 0. The summed E-state index contributed by atoms with van der Waals surface area (Å²) in [6.45, 7) is 5.15. The molecule has 0 bridgehead atoms. The predicted octanol–water partition coefficient (Wildman–Crippen LogP) is 2.59. The van der Waals surface area contributed by atoms with Gasteiger partial charge < -0.3 is 10.6 Å². The van der Waals surface area contributed by atoms with Crippen LogP contribution in [0.3, 0.4) is 0 Å². The average molecular weight is 299 g/mol. The molecule has 1 amide bonds. The minimum Gasteiger partial charge on any atom is -0.332 e. The zero-order valence-corrected chi connectivity index (χ0v) is 12.0. The molecule has 0 aliphatic carbocycles. The summed E-state index contributed by atoms with van der Waals surface area (Å²) in [5, 5.41) is 15.6. The molecule has 20 heavy (non-hydrogen) atoms. The number of hydrogen-bond donors (Lipinski definition) is 2. The Labute approximate surface area is 120 Å². The van der Waals surface area contributed by atoms with Crippen LogP contribution in [0.1, 0.15) is 20.8 Å². The quantitative estimate of drug-likeness (QED) is 0.498. The first kappa shape index (κ1) is 16.0. The number of hydrogen-bond acceptors (Lipinski definition) is 4. The van der Waals surface area contributed by atoms with Crippen molar-refractivity contribution in [1.82, 2.24) is 5.32 Å². The van der Waals surface area contributed by atoms with E-state index in [0.717, 1.165) is 12.1 Å². The first-order valence-corrected chi connectivity index (χ1v) is 6.08. The van der Waals surface area contributed by atoms with Crippen molar-refractivity contribution >= 4 is 34.6 Å². The van der Waals surface area contributed by atoms with Crippen molar-refractivity contribution in [3.63, 3.8) is 0 Å². The van der Waals surface area contributed by atoms with Crippen molar-refractivity contribution in [3.05, 3.63) is 34.1 Å². The van der Waals surface area contributed by atoms with Gasteiger partial charge in [-0.2, -0.15) is 4.39 Å². The van der Waals surface area contributed by atoms with Gasteiger partial charge in [-0.25, -0.2) is 0 Å². The van der Waals surface area contributed by atoms with Gasteiger partial charge in [-0.3, -0.25) is 14.9 Å². The second kappa shape index (κ2) is 5.91. The molecule has 0 radical (unpaired) electrons. The van der Waals surface area contributed by atoms with Crippen LogP contribution >= 0.6 is 12.2 Å². The summed E-state index contributed by atoms with van der Waals surface area (Å²) in [6.07, 6.45) is 0. The Bertz CT molecular complexity index is 570. The molecule has 1 aromatic rings. The number of nitro benzene ring substituents is 1. The lowest BCUT2D eigenvalue weighted by Gasteiger charge is -2.18. The number of halogens is 1. The largest absolute Gasteiger partial charge is 0.332 e. The summed E-state index contributed by atoms with van der Waals surface area (Å²) >= 11 is 4.92. The molecule has 1 rings (SSSR count). The van der Waals surface area contributed by atoms with Crippen LogP contribution in [0, 0.1) is 21.3 Å². The third-order valence-electron chi connectivity index (χ3n) is 2.31. The van der Waals surface area contributed by atoms with Crippen LogP contribution in [0.5, 0.6) is 0 Å². The highest BCUT2D eigenvalue weighted by atomic mass is 32.1.